The van der Waals surface area contributed by atoms with Crippen molar-refractivity contribution in [1.82, 2.24) is 4.98 Å². The highest BCUT2D eigenvalue weighted by Crippen LogP contribution is 2.35. The van der Waals surface area contributed by atoms with Crippen LogP contribution in [0.1, 0.15) is 22.7 Å². The van der Waals surface area contributed by atoms with Gasteiger partial charge in [-0.3, -0.25) is 0 Å². The summed E-state index contributed by atoms with van der Waals surface area (Å²) in [5.74, 6) is -3.15. The smallest absolute Gasteiger partial charge is 0.374 e. The third kappa shape index (κ3) is 2.38. The van der Waals surface area contributed by atoms with Crippen LogP contribution in [0.2, 0.25) is 0 Å². The van der Waals surface area contributed by atoms with Crippen LogP contribution in [-0.2, 0) is 0 Å². The summed E-state index contributed by atoms with van der Waals surface area (Å²) in [5, 5.41) is 9.52. The number of hydrogen-bond donors (Lipinski definition) is 1. The Morgan fingerprint density at radius 2 is 2.10 bits per heavy atom. The van der Waals surface area contributed by atoms with Crippen LogP contribution in [0.3, 0.4) is 0 Å². The van der Waals surface area contributed by atoms with Crippen molar-refractivity contribution >= 4 is 27.4 Å². The number of thiophene rings is 1. The molecular formula is C13H6F3NO3S. The number of carboxylic acids is 1. The van der Waals surface area contributed by atoms with Gasteiger partial charge in [-0.25, -0.2) is 22.9 Å². The van der Waals surface area contributed by atoms with Crippen LogP contribution in [0, 0.1) is 5.82 Å². The molecule has 0 unspecified atom stereocenters. The van der Waals surface area contributed by atoms with Crippen LogP contribution in [0.4, 0.5) is 13.2 Å². The summed E-state index contributed by atoms with van der Waals surface area (Å²) in [5.41, 5.74) is -0.916. The summed E-state index contributed by atoms with van der Waals surface area (Å²) in [6.07, 6.45) is -3.06. The molecule has 0 saturated carbocycles. The highest BCUT2D eigenvalue weighted by Gasteiger charge is 2.27. The molecule has 0 aliphatic heterocycles. The quantitative estimate of drug-likeness (QED) is 0.781. The molecule has 0 aliphatic carbocycles. The van der Waals surface area contributed by atoms with Crippen molar-refractivity contribution in [3.8, 4) is 10.8 Å². The number of carboxylic acid groups (broad SMARTS) is 1. The first-order chi connectivity index (χ1) is 9.95. The second-order valence-corrected chi connectivity index (χ2v) is 5.22. The van der Waals surface area contributed by atoms with Crippen LogP contribution in [0.25, 0.3) is 20.9 Å². The molecular weight excluding hydrogens is 307 g/mol. The number of fused-ring (bicyclic) bond motifs is 1. The van der Waals surface area contributed by atoms with Crippen molar-refractivity contribution in [2.24, 2.45) is 0 Å². The van der Waals surface area contributed by atoms with Gasteiger partial charge >= 0.3 is 5.97 Å². The van der Waals surface area contributed by atoms with E-state index in [0.717, 1.165) is 11.3 Å². The average molecular weight is 313 g/mol. The molecule has 1 aromatic carbocycles. The van der Waals surface area contributed by atoms with Crippen molar-refractivity contribution in [3.05, 3.63) is 41.5 Å². The fourth-order valence-corrected chi connectivity index (χ4v) is 2.86. The highest BCUT2D eigenvalue weighted by atomic mass is 32.1. The number of oxazole rings is 1. The van der Waals surface area contributed by atoms with Crippen molar-refractivity contribution in [2.75, 3.05) is 0 Å². The van der Waals surface area contributed by atoms with Gasteiger partial charge in [0.1, 0.15) is 5.82 Å². The molecule has 0 aliphatic rings. The van der Waals surface area contributed by atoms with Crippen molar-refractivity contribution in [2.45, 2.75) is 6.43 Å². The molecule has 21 heavy (non-hydrogen) atoms. The summed E-state index contributed by atoms with van der Waals surface area (Å²) in [4.78, 5) is 14.8. The normalized spacial score (nSPS) is 11.4. The zero-order valence-electron chi connectivity index (χ0n) is 10.1. The van der Waals surface area contributed by atoms with E-state index in [-0.39, 0.29) is 5.89 Å². The molecule has 108 valence electrons. The minimum Gasteiger partial charge on any atom is -0.475 e. The molecule has 0 atom stereocenters. The number of halogens is 3. The van der Waals surface area contributed by atoms with Gasteiger partial charge in [0.05, 0.1) is 4.88 Å². The Kier molecular flexibility index (Phi) is 3.17. The van der Waals surface area contributed by atoms with Gasteiger partial charge in [-0.05, 0) is 23.6 Å². The van der Waals surface area contributed by atoms with Gasteiger partial charge in [-0.1, -0.05) is 6.07 Å². The van der Waals surface area contributed by atoms with Crippen LogP contribution >= 0.6 is 11.3 Å². The zero-order chi connectivity index (χ0) is 15.1. The van der Waals surface area contributed by atoms with Crippen LogP contribution in [-0.4, -0.2) is 16.1 Å². The highest BCUT2D eigenvalue weighted by molar-refractivity contribution is 7.22. The summed E-state index contributed by atoms with van der Waals surface area (Å²) < 4.78 is 44.1. The fraction of sp³-hybridized carbons (Fsp3) is 0.0769. The third-order valence-electron chi connectivity index (χ3n) is 2.75. The SMILES string of the molecule is O=C(O)c1oc(-c2cc3ccc(F)cc3s2)nc1C(F)F. The standard InChI is InChI=1S/C13H6F3NO3S/c14-6-2-1-5-3-8(21-7(5)4-6)12-17-9(11(15)16)10(20-12)13(18)19/h1-4,11H,(H,18,19). The van der Waals surface area contributed by atoms with Gasteiger partial charge < -0.3 is 9.52 Å². The van der Waals surface area contributed by atoms with Crippen molar-refractivity contribution in [3.63, 3.8) is 0 Å². The van der Waals surface area contributed by atoms with Gasteiger partial charge in [0.2, 0.25) is 11.7 Å². The number of alkyl halides is 2. The Bertz CT molecular complexity index is 840. The van der Waals surface area contributed by atoms with Gasteiger partial charge in [0, 0.05) is 4.70 Å². The van der Waals surface area contributed by atoms with Gasteiger partial charge in [-0.2, -0.15) is 0 Å². The monoisotopic (exact) mass is 313 g/mol. The molecule has 2 heterocycles. The molecule has 0 amide bonds. The molecule has 0 saturated heterocycles. The van der Waals surface area contributed by atoms with E-state index >= 15 is 0 Å². The molecule has 2 aromatic heterocycles. The maximum atomic E-state index is 13.1. The number of nitrogens with zero attached hydrogens (tertiary/aromatic N) is 1. The Labute approximate surface area is 119 Å². The van der Waals surface area contributed by atoms with E-state index in [4.69, 9.17) is 9.52 Å². The molecule has 0 radical (unpaired) electrons. The predicted octanol–water partition coefficient (Wildman–Crippen LogP) is 4.33. The molecule has 0 spiro atoms. The van der Waals surface area contributed by atoms with Crippen molar-refractivity contribution in [1.29, 1.82) is 0 Å². The summed E-state index contributed by atoms with van der Waals surface area (Å²) in [7, 11) is 0. The number of aromatic carboxylic acids is 1. The van der Waals surface area contributed by atoms with Gasteiger partial charge in [-0.15, -0.1) is 11.3 Å². The lowest BCUT2D eigenvalue weighted by Crippen LogP contribution is -1.99. The first-order valence-electron chi connectivity index (χ1n) is 5.67. The average Bonchev–Trinajstić information content (AvgIpc) is 3.01. The van der Waals surface area contributed by atoms with E-state index in [2.05, 4.69) is 4.98 Å². The number of rotatable bonds is 3. The Morgan fingerprint density at radius 3 is 2.71 bits per heavy atom. The van der Waals surface area contributed by atoms with Crippen LogP contribution < -0.4 is 0 Å². The van der Waals surface area contributed by atoms with E-state index < -0.39 is 29.7 Å². The molecule has 0 bridgehead atoms. The van der Waals surface area contributed by atoms with Crippen LogP contribution in [0.15, 0.2) is 28.7 Å². The lowest BCUT2D eigenvalue weighted by molar-refractivity contribution is 0.0647. The van der Waals surface area contributed by atoms with E-state index in [9.17, 15) is 18.0 Å². The largest absolute Gasteiger partial charge is 0.475 e. The fourth-order valence-electron chi connectivity index (χ4n) is 1.85. The number of aromatic nitrogens is 1. The molecule has 3 aromatic rings. The molecule has 3 rings (SSSR count). The van der Waals surface area contributed by atoms with E-state index in [1.54, 1.807) is 6.07 Å². The molecule has 0 fully saturated rings. The Hall–Kier alpha value is -2.35. The molecule has 1 N–H and O–H groups in total. The van der Waals surface area contributed by atoms with Gasteiger partial charge in [0.15, 0.2) is 5.69 Å². The first kappa shape index (κ1) is 13.6. The predicted molar refractivity (Wildman–Crippen MR) is 69.2 cm³/mol. The van der Waals surface area contributed by atoms with E-state index in [0.29, 0.717) is 15.0 Å². The number of benzene rings is 1. The minimum atomic E-state index is -3.06. The summed E-state index contributed by atoms with van der Waals surface area (Å²) in [6.45, 7) is 0. The number of carbonyl (C=O) groups is 1. The topological polar surface area (TPSA) is 63.3 Å². The van der Waals surface area contributed by atoms with E-state index in [1.807, 2.05) is 0 Å². The summed E-state index contributed by atoms with van der Waals surface area (Å²) >= 11 is 1.08. The second-order valence-electron chi connectivity index (χ2n) is 4.13. The van der Waals surface area contributed by atoms with Crippen molar-refractivity contribution < 1.29 is 27.5 Å². The maximum absolute atomic E-state index is 13.1. The Balaban J connectivity index is 2.14. The van der Waals surface area contributed by atoms with E-state index in [1.165, 1.54) is 18.2 Å². The zero-order valence-corrected chi connectivity index (χ0v) is 11.0. The van der Waals surface area contributed by atoms with Crippen LogP contribution in [0.5, 0.6) is 0 Å². The third-order valence-corrected chi connectivity index (χ3v) is 3.83. The summed E-state index contributed by atoms with van der Waals surface area (Å²) in [6, 6.07) is 5.66. The lowest BCUT2D eigenvalue weighted by atomic mass is 10.2. The second kappa shape index (κ2) is 4.88. The lowest BCUT2D eigenvalue weighted by Gasteiger charge is -1.91. The number of hydrogen-bond acceptors (Lipinski definition) is 4. The van der Waals surface area contributed by atoms with Gasteiger partial charge in [0.25, 0.3) is 6.43 Å². The Morgan fingerprint density at radius 1 is 1.33 bits per heavy atom. The first-order valence-corrected chi connectivity index (χ1v) is 6.49. The molecule has 8 heteroatoms. The molecule has 4 nitrogen and oxygen atoms in total. The minimum absolute atomic E-state index is 0.218. The maximum Gasteiger partial charge on any atom is 0.374 e.